The number of amides is 2. The molecule has 0 radical (unpaired) electrons. The summed E-state index contributed by atoms with van der Waals surface area (Å²) in [6, 6.07) is 0. The molecule has 0 spiro atoms. The van der Waals surface area contributed by atoms with E-state index in [0.717, 1.165) is 18.2 Å². The normalized spacial score (nSPS) is 15.6. The number of nitrogens with two attached hydrogens (primary N) is 1. The zero-order valence-corrected chi connectivity index (χ0v) is 9.90. The highest BCUT2D eigenvalue weighted by Crippen LogP contribution is 2.18. The first-order valence-corrected chi connectivity index (χ1v) is 6.17. The molecule has 0 saturated carbocycles. The molecule has 2 heterocycles. The summed E-state index contributed by atoms with van der Waals surface area (Å²) >= 11 is 1.11. The van der Waals surface area contributed by atoms with E-state index in [1.807, 2.05) is 0 Å². The van der Waals surface area contributed by atoms with Crippen molar-refractivity contribution in [3.05, 3.63) is 5.89 Å². The van der Waals surface area contributed by atoms with Crippen LogP contribution in [0.3, 0.4) is 0 Å². The van der Waals surface area contributed by atoms with Gasteiger partial charge in [0.2, 0.25) is 17.7 Å². The van der Waals surface area contributed by atoms with Crippen LogP contribution in [0, 0.1) is 0 Å². The van der Waals surface area contributed by atoms with Gasteiger partial charge < -0.3 is 10.2 Å². The molecule has 92 valence electrons. The van der Waals surface area contributed by atoms with Gasteiger partial charge in [0.05, 0.1) is 12.3 Å². The van der Waals surface area contributed by atoms with Crippen molar-refractivity contribution >= 4 is 23.6 Å². The van der Waals surface area contributed by atoms with Crippen LogP contribution in [0.5, 0.6) is 0 Å². The number of aromatic nitrogens is 2. The summed E-state index contributed by atoms with van der Waals surface area (Å²) in [5, 5.41) is 7.68. The van der Waals surface area contributed by atoms with Gasteiger partial charge in [0.25, 0.3) is 5.22 Å². The quantitative estimate of drug-likeness (QED) is 0.742. The highest BCUT2D eigenvalue weighted by atomic mass is 32.2. The fourth-order valence-corrected chi connectivity index (χ4v) is 2.15. The van der Waals surface area contributed by atoms with Gasteiger partial charge in [0, 0.05) is 13.0 Å². The highest BCUT2D eigenvalue weighted by molar-refractivity contribution is 7.99. The van der Waals surface area contributed by atoms with Crippen molar-refractivity contribution in [2.45, 2.75) is 24.6 Å². The number of rotatable bonds is 4. The van der Waals surface area contributed by atoms with Gasteiger partial charge in [0.15, 0.2) is 0 Å². The second kappa shape index (κ2) is 5.28. The van der Waals surface area contributed by atoms with Crippen molar-refractivity contribution in [1.29, 1.82) is 0 Å². The maximum absolute atomic E-state index is 11.7. The van der Waals surface area contributed by atoms with Crippen LogP contribution in [0.25, 0.3) is 0 Å². The first-order chi connectivity index (χ1) is 8.20. The Balaban J connectivity index is 1.85. The van der Waals surface area contributed by atoms with Crippen molar-refractivity contribution in [3.63, 3.8) is 0 Å². The molecule has 2 N–H and O–H groups in total. The molecule has 1 fully saturated rings. The Bertz CT molecular complexity index is 434. The molecule has 0 aromatic carbocycles. The van der Waals surface area contributed by atoms with Crippen LogP contribution in [-0.2, 0) is 16.1 Å². The van der Waals surface area contributed by atoms with Crippen molar-refractivity contribution in [2.24, 2.45) is 5.73 Å². The molecule has 1 aromatic rings. The van der Waals surface area contributed by atoms with Gasteiger partial charge >= 0.3 is 0 Å². The third kappa shape index (κ3) is 2.83. The number of nitrogens with zero attached hydrogens (tertiary/aromatic N) is 3. The van der Waals surface area contributed by atoms with Crippen LogP contribution < -0.4 is 5.73 Å². The Morgan fingerprint density at radius 3 is 2.94 bits per heavy atom. The molecule has 2 amide bonds. The number of imide groups is 1. The minimum atomic E-state index is -0.218. The molecule has 1 aliphatic heterocycles. The van der Waals surface area contributed by atoms with Crippen LogP contribution >= 0.6 is 11.8 Å². The Labute approximate surface area is 102 Å². The van der Waals surface area contributed by atoms with Crippen LogP contribution in [0.2, 0.25) is 0 Å². The largest absolute Gasteiger partial charge is 0.415 e. The molecule has 17 heavy (non-hydrogen) atoms. The van der Waals surface area contributed by atoms with Gasteiger partial charge in [-0.3, -0.25) is 14.5 Å². The lowest BCUT2D eigenvalue weighted by Gasteiger charge is -2.11. The summed E-state index contributed by atoms with van der Waals surface area (Å²) in [5.74, 6) is 0.128. The summed E-state index contributed by atoms with van der Waals surface area (Å²) in [7, 11) is 0. The third-order valence-electron chi connectivity index (χ3n) is 2.32. The van der Waals surface area contributed by atoms with Crippen molar-refractivity contribution in [3.8, 4) is 0 Å². The average molecular weight is 256 g/mol. The van der Waals surface area contributed by atoms with E-state index in [-0.39, 0.29) is 24.1 Å². The van der Waals surface area contributed by atoms with Crippen LogP contribution in [0.1, 0.15) is 18.7 Å². The molecule has 0 bridgehead atoms. The summed E-state index contributed by atoms with van der Waals surface area (Å²) in [4.78, 5) is 24.3. The van der Waals surface area contributed by atoms with E-state index in [1.54, 1.807) is 0 Å². The number of hydrogen-bond acceptors (Lipinski definition) is 7. The lowest BCUT2D eigenvalue weighted by Crippen LogP contribution is -2.33. The van der Waals surface area contributed by atoms with Gasteiger partial charge in [-0.25, -0.2) is 0 Å². The second-order valence-corrected chi connectivity index (χ2v) is 4.42. The van der Waals surface area contributed by atoms with Crippen molar-refractivity contribution < 1.29 is 14.0 Å². The van der Waals surface area contributed by atoms with E-state index in [1.165, 1.54) is 4.90 Å². The summed E-state index contributed by atoms with van der Waals surface area (Å²) in [6.07, 6.45) is 1.20. The molecule has 2 rings (SSSR count). The van der Waals surface area contributed by atoms with Crippen LogP contribution in [0.4, 0.5) is 0 Å². The molecular weight excluding hydrogens is 244 g/mol. The molecule has 0 atom stereocenters. The Morgan fingerprint density at radius 1 is 1.53 bits per heavy atom. The van der Waals surface area contributed by atoms with E-state index in [4.69, 9.17) is 10.2 Å². The first kappa shape index (κ1) is 12.1. The predicted octanol–water partition coefficient (Wildman–Crippen LogP) is -0.231. The van der Waals surface area contributed by atoms with Crippen LogP contribution in [0.15, 0.2) is 9.64 Å². The molecule has 1 aliphatic rings. The fraction of sp³-hybridized carbons (Fsp3) is 0.556. The number of carbonyl (C=O) groups excluding carboxylic acids is 2. The summed E-state index contributed by atoms with van der Waals surface area (Å²) < 4.78 is 5.13. The van der Waals surface area contributed by atoms with Gasteiger partial charge in [0.1, 0.15) is 0 Å². The Morgan fingerprint density at radius 2 is 2.35 bits per heavy atom. The van der Waals surface area contributed by atoms with Crippen LogP contribution in [-0.4, -0.2) is 39.2 Å². The van der Waals surface area contributed by atoms with E-state index in [2.05, 4.69) is 10.2 Å². The zero-order valence-electron chi connectivity index (χ0n) is 9.09. The van der Waals surface area contributed by atoms with Gasteiger partial charge in [-0.1, -0.05) is 11.8 Å². The van der Waals surface area contributed by atoms with E-state index in [9.17, 15) is 9.59 Å². The van der Waals surface area contributed by atoms with E-state index >= 15 is 0 Å². The van der Waals surface area contributed by atoms with Crippen molar-refractivity contribution in [1.82, 2.24) is 15.1 Å². The molecule has 0 aliphatic carbocycles. The van der Waals surface area contributed by atoms with Gasteiger partial charge in [-0.15, -0.1) is 10.2 Å². The molecule has 0 unspecified atom stereocenters. The first-order valence-electron chi connectivity index (χ1n) is 5.19. The SMILES string of the molecule is NCc1nnc(SCC(=O)N2CCCC2=O)o1. The number of carbonyl (C=O) groups is 2. The maximum atomic E-state index is 11.7. The molecule has 1 saturated heterocycles. The smallest absolute Gasteiger partial charge is 0.277 e. The standard InChI is InChI=1S/C9H12N4O3S/c10-4-6-11-12-9(16-6)17-5-8(15)13-3-1-2-7(13)14/h1-5,10H2. The average Bonchev–Trinajstić information content (AvgIpc) is 2.94. The molecule has 7 nitrogen and oxygen atoms in total. The van der Waals surface area contributed by atoms with Gasteiger partial charge in [-0.05, 0) is 6.42 Å². The number of hydrogen-bond donors (Lipinski definition) is 1. The Hall–Kier alpha value is -1.41. The Kier molecular flexibility index (Phi) is 3.75. The molecule has 8 heteroatoms. The lowest BCUT2D eigenvalue weighted by molar-refractivity contribution is -0.140. The monoisotopic (exact) mass is 256 g/mol. The topological polar surface area (TPSA) is 102 Å². The predicted molar refractivity (Wildman–Crippen MR) is 58.9 cm³/mol. The minimum absolute atomic E-state index is 0.108. The third-order valence-corrected chi connectivity index (χ3v) is 3.12. The van der Waals surface area contributed by atoms with E-state index in [0.29, 0.717) is 24.1 Å². The lowest BCUT2D eigenvalue weighted by atomic mass is 10.4. The van der Waals surface area contributed by atoms with Crippen molar-refractivity contribution in [2.75, 3.05) is 12.3 Å². The fourth-order valence-electron chi connectivity index (χ4n) is 1.49. The minimum Gasteiger partial charge on any atom is -0.415 e. The van der Waals surface area contributed by atoms with E-state index < -0.39 is 0 Å². The molecule has 1 aromatic heterocycles. The number of likely N-dealkylation sites (tertiary alicyclic amines) is 1. The highest BCUT2D eigenvalue weighted by Gasteiger charge is 2.26. The second-order valence-electron chi connectivity index (χ2n) is 3.50. The summed E-state index contributed by atoms with van der Waals surface area (Å²) in [6.45, 7) is 0.683. The van der Waals surface area contributed by atoms with Gasteiger partial charge in [-0.2, -0.15) is 0 Å². The summed E-state index contributed by atoms with van der Waals surface area (Å²) in [5.41, 5.74) is 5.31. The molecular formula is C9H12N4O3S. The number of thioether (sulfide) groups is 1. The maximum Gasteiger partial charge on any atom is 0.277 e. The zero-order chi connectivity index (χ0) is 12.3.